The third-order valence-corrected chi connectivity index (χ3v) is 4.31. The van der Waals surface area contributed by atoms with Gasteiger partial charge in [-0.3, -0.25) is 0 Å². The summed E-state index contributed by atoms with van der Waals surface area (Å²) in [6.45, 7) is 0. The third kappa shape index (κ3) is 1.53. The molecule has 0 spiro atoms. The number of rotatable bonds is 1. The van der Waals surface area contributed by atoms with Gasteiger partial charge in [0.05, 0.1) is 0 Å². The van der Waals surface area contributed by atoms with E-state index in [9.17, 15) is 0 Å². The summed E-state index contributed by atoms with van der Waals surface area (Å²) in [7, 11) is 0. The molecule has 0 amide bonds. The van der Waals surface area contributed by atoms with Crippen molar-refractivity contribution in [2.45, 2.75) is 36.9 Å². The van der Waals surface area contributed by atoms with Crippen LogP contribution in [0.2, 0.25) is 0 Å². The molecule has 2 nitrogen and oxygen atoms in total. The van der Waals surface area contributed by atoms with Gasteiger partial charge in [0.2, 0.25) is 0 Å². The number of nitrogens with two attached hydrogens (primary N) is 1. The molecule has 1 aromatic rings. The van der Waals surface area contributed by atoms with E-state index in [4.69, 9.17) is 5.73 Å². The van der Waals surface area contributed by atoms with Crippen molar-refractivity contribution in [2.24, 2.45) is 5.73 Å². The quantitative estimate of drug-likeness (QED) is 0.816. The number of halogens is 1. The Morgan fingerprint density at radius 1 is 1.13 bits per heavy atom. The molecule has 4 unspecified atom stereocenters. The van der Waals surface area contributed by atoms with E-state index in [0.717, 1.165) is 4.47 Å². The Kier molecular flexibility index (Phi) is 2.34. The van der Waals surface area contributed by atoms with E-state index in [1.54, 1.807) is 0 Å². The highest BCUT2D eigenvalue weighted by Gasteiger charge is 2.45. The lowest BCUT2D eigenvalue weighted by Crippen LogP contribution is -2.38. The van der Waals surface area contributed by atoms with Gasteiger partial charge in [-0.15, -0.1) is 0 Å². The molecule has 0 aromatic heterocycles. The van der Waals surface area contributed by atoms with Crippen molar-refractivity contribution in [3.8, 4) is 0 Å². The zero-order valence-electron chi connectivity index (χ0n) is 8.49. The van der Waals surface area contributed by atoms with Gasteiger partial charge in [0.1, 0.15) is 0 Å². The normalized spacial score (nSPS) is 38.5. The van der Waals surface area contributed by atoms with Crippen LogP contribution in [-0.4, -0.2) is 18.1 Å². The standard InChI is InChI=1S/C12H15BrN2/c13-8-3-1-7(2-4-8)11-9-5-6-10(15-9)12(11)14/h1-4,9-12,15H,5-6,14H2. The first-order valence-corrected chi connectivity index (χ1v) is 6.32. The van der Waals surface area contributed by atoms with Gasteiger partial charge in [-0.05, 0) is 30.5 Å². The fourth-order valence-electron chi connectivity index (χ4n) is 3.05. The maximum atomic E-state index is 6.26. The molecule has 2 aliphatic rings. The number of nitrogens with one attached hydrogen (secondary N) is 1. The van der Waals surface area contributed by atoms with E-state index in [0.29, 0.717) is 24.0 Å². The summed E-state index contributed by atoms with van der Waals surface area (Å²) in [6, 6.07) is 10.0. The maximum Gasteiger partial charge on any atom is 0.0279 e. The highest BCUT2D eigenvalue weighted by Crippen LogP contribution is 2.39. The first-order valence-electron chi connectivity index (χ1n) is 5.53. The van der Waals surface area contributed by atoms with Gasteiger partial charge in [-0.25, -0.2) is 0 Å². The minimum atomic E-state index is 0.296. The Morgan fingerprint density at radius 3 is 2.40 bits per heavy atom. The Hall–Kier alpha value is -0.380. The maximum absolute atomic E-state index is 6.26. The van der Waals surface area contributed by atoms with Crippen LogP contribution in [0.3, 0.4) is 0 Å². The summed E-state index contributed by atoms with van der Waals surface area (Å²) >= 11 is 3.46. The largest absolute Gasteiger partial charge is 0.326 e. The van der Waals surface area contributed by atoms with Crippen molar-refractivity contribution in [3.05, 3.63) is 34.3 Å². The zero-order chi connectivity index (χ0) is 10.4. The molecule has 2 aliphatic heterocycles. The van der Waals surface area contributed by atoms with E-state index < -0.39 is 0 Å². The van der Waals surface area contributed by atoms with Gasteiger partial charge in [0.25, 0.3) is 0 Å². The van der Waals surface area contributed by atoms with Gasteiger partial charge < -0.3 is 11.1 Å². The second-order valence-corrected chi connectivity index (χ2v) is 5.53. The van der Waals surface area contributed by atoms with Crippen LogP contribution in [0.4, 0.5) is 0 Å². The lowest BCUT2D eigenvalue weighted by Gasteiger charge is -2.26. The summed E-state index contributed by atoms with van der Waals surface area (Å²) < 4.78 is 1.14. The van der Waals surface area contributed by atoms with Crippen LogP contribution in [-0.2, 0) is 0 Å². The Morgan fingerprint density at radius 2 is 1.80 bits per heavy atom. The first kappa shape index (κ1) is 9.82. The second kappa shape index (κ2) is 3.58. The highest BCUT2D eigenvalue weighted by molar-refractivity contribution is 9.10. The molecule has 2 bridgehead atoms. The molecule has 3 rings (SSSR count). The lowest BCUT2D eigenvalue weighted by molar-refractivity contribution is 0.444. The third-order valence-electron chi connectivity index (χ3n) is 3.78. The highest BCUT2D eigenvalue weighted by atomic mass is 79.9. The van der Waals surface area contributed by atoms with Gasteiger partial charge in [-0.2, -0.15) is 0 Å². The monoisotopic (exact) mass is 266 g/mol. The minimum Gasteiger partial charge on any atom is -0.326 e. The van der Waals surface area contributed by atoms with Crippen LogP contribution in [0, 0.1) is 0 Å². The van der Waals surface area contributed by atoms with Crippen molar-refractivity contribution in [2.75, 3.05) is 0 Å². The molecule has 3 heteroatoms. The van der Waals surface area contributed by atoms with E-state index in [2.05, 4.69) is 45.5 Å². The molecular weight excluding hydrogens is 252 g/mol. The van der Waals surface area contributed by atoms with Crippen molar-refractivity contribution < 1.29 is 0 Å². The molecule has 1 aromatic carbocycles. The summed E-state index contributed by atoms with van der Waals surface area (Å²) in [5.74, 6) is 0.511. The summed E-state index contributed by atoms with van der Waals surface area (Å²) in [4.78, 5) is 0. The molecule has 0 saturated carbocycles. The molecule has 0 radical (unpaired) electrons. The smallest absolute Gasteiger partial charge is 0.0279 e. The Labute approximate surface area is 98.4 Å². The predicted octanol–water partition coefficient (Wildman–Crippen LogP) is 1.99. The molecule has 0 aliphatic carbocycles. The molecule has 3 N–H and O–H groups in total. The van der Waals surface area contributed by atoms with Crippen molar-refractivity contribution in [1.29, 1.82) is 0 Å². The van der Waals surface area contributed by atoms with Gasteiger partial charge in [-0.1, -0.05) is 28.1 Å². The lowest BCUT2D eigenvalue weighted by atomic mass is 9.80. The summed E-state index contributed by atoms with van der Waals surface area (Å²) in [5.41, 5.74) is 7.64. The average molecular weight is 267 g/mol. The van der Waals surface area contributed by atoms with Crippen LogP contribution < -0.4 is 11.1 Å². The number of hydrogen-bond donors (Lipinski definition) is 2. The topological polar surface area (TPSA) is 38.0 Å². The van der Waals surface area contributed by atoms with Gasteiger partial charge in [0.15, 0.2) is 0 Å². The van der Waals surface area contributed by atoms with E-state index in [1.165, 1.54) is 18.4 Å². The van der Waals surface area contributed by atoms with Crippen LogP contribution in [0.1, 0.15) is 24.3 Å². The zero-order valence-corrected chi connectivity index (χ0v) is 10.1. The Balaban J connectivity index is 1.91. The fourth-order valence-corrected chi connectivity index (χ4v) is 3.31. The molecule has 2 fully saturated rings. The van der Waals surface area contributed by atoms with Crippen LogP contribution in [0.5, 0.6) is 0 Å². The van der Waals surface area contributed by atoms with E-state index in [1.807, 2.05) is 0 Å². The van der Waals surface area contributed by atoms with E-state index >= 15 is 0 Å². The molecule has 80 valence electrons. The Bertz CT molecular complexity index is 360. The fraction of sp³-hybridized carbons (Fsp3) is 0.500. The van der Waals surface area contributed by atoms with Crippen molar-refractivity contribution in [1.82, 2.24) is 5.32 Å². The predicted molar refractivity (Wildman–Crippen MR) is 64.8 cm³/mol. The summed E-state index contributed by atoms with van der Waals surface area (Å²) in [5, 5.41) is 3.60. The van der Waals surface area contributed by atoms with Crippen molar-refractivity contribution in [3.63, 3.8) is 0 Å². The molecule has 2 heterocycles. The number of benzene rings is 1. The second-order valence-electron chi connectivity index (χ2n) is 4.61. The van der Waals surface area contributed by atoms with E-state index in [-0.39, 0.29) is 0 Å². The van der Waals surface area contributed by atoms with Crippen LogP contribution in [0.15, 0.2) is 28.7 Å². The molecule has 15 heavy (non-hydrogen) atoms. The van der Waals surface area contributed by atoms with Crippen molar-refractivity contribution >= 4 is 15.9 Å². The average Bonchev–Trinajstić information content (AvgIpc) is 2.80. The van der Waals surface area contributed by atoms with Crippen LogP contribution >= 0.6 is 15.9 Å². The number of fused-ring (bicyclic) bond motifs is 2. The van der Waals surface area contributed by atoms with Gasteiger partial charge in [0, 0.05) is 28.5 Å². The van der Waals surface area contributed by atoms with Gasteiger partial charge >= 0.3 is 0 Å². The SMILES string of the molecule is NC1C2CCC(N2)C1c1ccc(Br)cc1. The summed E-state index contributed by atoms with van der Waals surface area (Å²) in [6.07, 6.45) is 2.53. The molecular formula is C12H15BrN2. The molecule has 4 atom stereocenters. The minimum absolute atomic E-state index is 0.296. The van der Waals surface area contributed by atoms with Crippen LogP contribution in [0.25, 0.3) is 0 Å². The first-order chi connectivity index (χ1) is 7.25. The number of hydrogen-bond acceptors (Lipinski definition) is 2. The molecule has 2 saturated heterocycles.